The summed E-state index contributed by atoms with van der Waals surface area (Å²) >= 11 is 0. The van der Waals surface area contributed by atoms with Crippen molar-refractivity contribution in [1.29, 1.82) is 0 Å². The van der Waals surface area contributed by atoms with E-state index in [1.807, 2.05) is 0 Å². The molecule has 2 N–H and O–H groups in total. The number of aromatic carboxylic acids is 1. The van der Waals surface area contributed by atoms with Crippen molar-refractivity contribution in [2.45, 2.75) is 0 Å². The molecule has 0 radical (unpaired) electrons. The van der Waals surface area contributed by atoms with Gasteiger partial charge in [-0.15, -0.1) is 0 Å². The first-order chi connectivity index (χ1) is 13.1. The van der Waals surface area contributed by atoms with Gasteiger partial charge in [0.15, 0.2) is 5.82 Å². The number of carboxylic acid groups (broad SMARTS) is 1. The zero-order valence-corrected chi connectivity index (χ0v) is 17.6. The number of benzene rings is 2. The van der Waals surface area contributed by atoms with Crippen molar-refractivity contribution >= 4 is 29.2 Å². The molecule has 0 atom stereocenters. The molecule has 0 bridgehead atoms. The molecule has 0 aliphatic heterocycles. The molecule has 9 nitrogen and oxygen atoms in total. The van der Waals surface area contributed by atoms with Gasteiger partial charge in [-0.05, 0) is 48.5 Å². The van der Waals surface area contributed by atoms with Crippen LogP contribution in [0.2, 0.25) is 0 Å². The molecule has 28 heavy (non-hydrogen) atoms. The van der Waals surface area contributed by atoms with Crippen LogP contribution in [0.3, 0.4) is 0 Å². The summed E-state index contributed by atoms with van der Waals surface area (Å²) in [4.78, 5) is 23.1. The molecular formula is C18H16N5NaO4. The maximum absolute atomic E-state index is 11.2. The standard InChI is InChI=1S/C18H17N5O4.Na/c1-26-13-7-3-11(4-8-13)19-17-21-15(16(24)25)22-18(23-17)20-12-5-9-14(27-2)10-6-12;/h3-10H,1-2H3,(H,24,25)(H2,19,20,21,22,23);/q;+1/p-1. The molecule has 138 valence electrons. The summed E-state index contributed by atoms with van der Waals surface area (Å²) in [6.45, 7) is 0. The molecule has 0 fully saturated rings. The van der Waals surface area contributed by atoms with Gasteiger partial charge < -0.3 is 30.0 Å². The van der Waals surface area contributed by atoms with Crippen LogP contribution in [0.1, 0.15) is 10.6 Å². The third-order valence-corrected chi connectivity index (χ3v) is 3.51. The van der Waals surface area contributed by atoms with Crippen molar-refractivity contribution in [3.05, 3.63) is 54.4 Å². The van der Waals surface area contributed by atoms with Crippen LogP contribution in [0, 0.1) is 0 Å². The number of aromatic nitrogens is 3. The summed E-state index contributed by atoms with van der Waals surface area (Å²) in [5, 5.41) is 17.1. The average molecular weight is 389 g/mol. The molecule has 3 aromatic rings. The van der Waals surface area contributed by atoms with E-state index in [1.54, 1.807) is 62.8 Å². The Hall–Kier alpha value is -2.88. The Labute approximate surface area is 183 Å². The van der Waals surface area contributed by atoms with E-state index in [2.05, 4.69) is 25.6 Å². The van der Waals surface area contributed by atoms with Crippen LogP contribution in [0.5, 0.6) is 11.5 Å². The SMILES string of the molecule is COc1ccc(Nc2nc(Nc3ccc(OC)cc3)nc(C(=O)[O-])n2)cc1.[Na+]. The van der Waals surface area contributed by atoms with Gasteiger partial charge in [-0.25, -0.2) is 0 Å². The molecule has 3 rings (SSSR count). The van der Waals surface area contributed by atoms with Crippen LogP contribution in [0.15, 0.2) is 48.5 Å². The third-order valence-electron chi connectivity index (χ3n) is 3.51. The number of hydrogen-bond donors (Lipinski definition) is 2. The predicted octanol–water partition coefficient (Wildman–Crippen LogP) is -1.26. The minimum atomic E-state index is -1.51. The second kappa shape index (κ2) is 9.88. The van der Waals surface area contributed by atoms with Crippen LogP contribution in [0.25, 0.3) is 0 Å². The first-order valence-electron chi connectivity index (χ1n) is 7.87. The largest absolute Gasteiger partial charge is 1.00 e. The molecule has 0 amide bonds. The van der Waals surface area contributed by atoms with Crippen molar-refractivity contribution in [3.8, 4) is 11.5 Å². The van der Waals surface area contributed by atoms with E-state index in [0.717, 1.165) is 0 Å². The molecule has 0 saturated heterocycles. The summed E-state index contributed by atoms with van der Waals surface area (Å²) in [6.07, 6.45) is 0. The van der Waals surface area contributed by atoms with Crippen molar-refractivity contribution in [3.63, 3.8) is 0 Å². The van der Waals surface area contributed by atoms with Crippen molar-refractivity contribution in [1.82, 2.24) is 15.0 Å². The summed E-state index contributed by atoms with van der Waals surface area (Å²) < 4.78 is 10.2. The number of carbonyl (C=O) groups excluding carboxylic acids is 1. The Kier molecular flexibility index (Phi) is 7.56. The number of nitrogens with one attached hydrogen (secondary N) is 2. The first-order valence-corrected chi connectivity index (χ1v) is 7.87. The average Bonchev–Trinajstić information content (AvgIpc) is 2.69. The summed E-state index contributed by atoms with van der Waals surface area (Å²) in [5.74, 6) is -0.497. The summed E-state index contributed by atoms with van der Waals surface area (Å²) in [6, 6.07) is 14.0. The predicted molar refractivity (Wildman–Crippen MR) is 96.7 cm³/mol. The van der Waals surface area contributed by atoms with Gasteiger partial charge in [0.05, 0.1) is 14.2 Å². The van der Waals surface area contributed by atoms with E-state index in [4.69, 9.17) is 9.47 Å². The molecule has 1 heterocycles. The summed E-state index contributed by atoms with van der Waals surface area (Å²) in [5.41, 5.74) is 1.31. The normalized spacial score (nSPS) is 9.79. The Bertz CT molecular complexity index is 868. The second-order valence-corrected chi connectivity index (χ2v) is 5.30. The fourth-order valence-corrected chi connectivity index (χ4v) is 2.19. The molecule has 0 aliphatic rings. The fraction of sp³-hybridized carbons (Fsp3) is 0.111. The Morgan fingerprint density at radius 2 is 1.18 bits per heavy atom. The molecule has 2 aromatic carbocycles. The monoisotopic (exact) mass is 389 g/mol. The van der Waals surface area contributed by atoms with Gasteiger partial charge in [0.25, 0.3) is 0 Å². The number of ether oxygens (including phenoxy) is 2. The topological polar surface area (TPSA) is 121 Å². The van der Waals surface area contributed by atoms with Gasteiger partial charge in [0.1, 0.15) is 17.5 Å². The molecule has 0 aliphatic carbocycles. The van der Waals surface area contributed by atoms with Crippen molar-refractivity contribution < 1.29 is 48.9 Å². The Morgan fingerprint density at radius 1 is 0.786 bits per heavy atom. The Balaban J connectivity index is 0.00000280. The molecule has 0 unspecified atom stereocenters. The van der Waals surface area contributed by atoms with E-state index in [9.17, 15) is 9.90 Å². The number of anilines is 4. The molecular weight excluding hydrogens is 373 g/mol. The number of rotatable bonds is 7. The van der Waals surface area contributed by atoms with Crippen LogP contribution < -0.4 is 54.8 Å². The number of carbonyl (C=O) groups is 1. The van der Waals surface area contributed by atoms with Gasteiger partial charge in [0, 0.05) is 11.4 Å². The summed E-state index contributed by atoms with van der Waals surface area (Å²) in [7, 11) is 3.13. The third kappa shape index (κ3) is 5.56. The van der Waals surface area contributed by atoms with Gasteiger partial charge in [-0.2, -0.15) is 15.0 Å². The van der Waals surface area contributed by atoms with E-state index in [-0.39, 0.29) is 41.5 Å². The van der Waals surface area contributed by atoms with Crippen molar-refractivity contribution in [2.75, 3.05) is 24.9 Å². The zero-order chi connectivity index (χ0) is 19.2. The van der Waals surface area contributed by atoms with Gasteiger partial charge in [-0.3, -0.25) is 0 Å². The maximum Gasteiger partial charge on any atom is 1.00 e. The number of hydrogen-bond acceptors (Lipinski definition) is 9. The second-order valence-electron chi connectivity index (χ2n) is 5.30. The zero-order valence-electron chi connectivity index (χ0n) is 15.6. The number of carboxylic acids is 1. The van der Waals surface area contributed by atoms with Crippen molar-refractivity contribution in [2.24, 2.45) is 0 Å². The quantitative estimate of drug-likeness (QED) is 0.477. The van der Waals surface area contributed by atoms with Crippen LogP contribution in [0.4, 0.5) is 23.3 Å². The van der Waals surface area contributed by atoms with Crippen LogP contribution >= 0.6 is 0 Å². The molecule has 0 spiro atoms. The van der Waals surface area contributed by atoms with Gasteiger partial charge in [0.2, 0.25) is 11.9 Å². The van der Waals surface area contributed by atoms with Gasteiger partial charge in [-0.1, -0.05) is 0 Å². The molecule has 1 aromatic heterocycles. The van der Waals surface area contributed by atoms with Crippen LogP contribution in [-0.4, -0.2) is 35.1 Å². The first kappa shape index (κ1) is 21.4. The van der Waals surface area contributed by atoms with E-state index < -0.39 is 11.8 Å². The minimum absolute atomic E-state index is 0. The van der Waals surface area contributed by atoms with E-state index >= 15 is 0 Å². The van der Waals surface area contributed by atoms with E-state index in [0.29, 0.717) is 22.9 Å². The minimum Gasteiger partial charge on any atom is -0.541 e. The van der Waals surface area contributed by atoms with E-state index in [1.165, 1.54) is 0 Å². The molecule has 0 saturated carbocycles. The Morgan fingerprint density at radius 3 is 1.50 bits per heavy atom. The number of methoxy groups -OCH3 is 2. The fourth-order valence-electron chi connectivity index (χ4n) is 2.19. The van der Waals surface area contributed by atoms with Crippen LogP contribution in [-0.2, 0) is 0 Å². The van der Waals surface area contributed by atoms with Gasteiger partial charge >= 0.3 is 29.6 Å². The molecule has 10 heteroatoms. The number of nitrogens with zero attached hydrogens (tertiary/aromatic N) is 3. The maximum atomic E-state index is 11.2. The smallest absolute Gasteiger partial charge is 0.541 e.